The molecule has 1 unspecified atom stereocenters. The van der Waals surface area contributed by atoms with Crippen molar-refractivity contribution in [2.75, 3.05) is 37.6 Å². The maximum absolute atomic E-state index is 11.2. The molecule has 3 N–H and O–H groups in total. The van der Waals surface area contributed by atoms with Crippen LogP contribution in [0.4, 0.5) is 5.69 Å². The molecule has 1 aromatic heterocycles. The Bertz CT molecular complexity index is 751. The van der Waals surface area contributed by atoms with Gasteiger partial charge in [-0.1, -0.05) is 6.42 Å². The van der Waals surface area contributed by atoms with E-state index >= 15 is 0 Å². The number of aliphatic hydroxyl groups excluding tert-OH is 2. The molecule has 1 saturated carbocycles. The summed E-state index contributed by atoms with van der Waals surface area (Å²) in [6.07, 6.45) is 13.2. The third-order valence-corrected chi connectivity index (χ3v) is 6.90. The van der Waals surface area contributed by atoms with E-state index in [-0.39, 0.29) is 17.9 Å². The molecular weight excluding hydrogens is 356 g/mol. The molecule has 28 heavy (non-hydrogen) atoms. The minimum absolute atomic E-state index is 0.168. The third-order valence-electron chi connectivity index (χ3n) is 6.90. The van der Waals surface area contributed by atoms with Crippen LogP contribution in [-0.4, -0.2) is 80.1 Å². The molecule has 2 aliphatic carbocycles. The van der Waals surface area contributed by atoms with Gasteiger partial charge in [-0.2, -0.15) is 5.10 Å². The highest BCUT2D eigenvalue weighted by atomic mass is 16.3. The molecule has 1 aromatic rings. The van der Waals surface area contributed by atoms with Gasteiger partial charge >= 0.3 is 0 Å². The molecule has 4 rings (SSSR count). The number of rotatable bonds is 4. The number of hydrogen-bond donors (Lipinski definition) is 3. The smallest absolute Gasteiger partial charge is 0.135 e. The lowest BCUT2D eigenvalue weighted by molar-refractivity contribution is -0.960. The van der Waals surface area contributed by atoms with E-state index in [1.807, 2.05) is 24.1 Å². The molecule has 2 fully saturated rings. The van der Waals surface area contributed by atoms with E-state index in [0.29, 0.717) is 13.0 Å². The zero-order chi connectivity index (χ0) is 19.8. The molecule has 1 saturated heterocycles. The molecule has 0 bridgehead atoms. The number of hydrogen-bond acceptors (Lipinski definition) is 5. The average Bonchev–Trinajstić information content (AvgIpc) is 3.12. The number of nitrogens with zero attached hydrogens (tertiary/aromatic N) is 4. The zero-order valence-corrected chi connectivity index (χ0v) is 16.7. The topological polar surface area (TPSA) is 81.8 Å². The number of quaternary nitrogens is 1. The van der Waals surface area contributed by atoms with Crippen LogP contribution in [0, 0.1) is 0 Å². The maximum atomic E-state index is 11.2. The van der Waals surface area contributed by atoms with Crippen molar-refractivity contribution < 1.29 is 19.8 Å². The lowest BCUT2D eigenvalue weighted by Crippen LogP contribution is -2.70. The van der Waals surface area contributed by atoms with Gasteiger partial charge in [-0.3, -0.25) is 4.68 Å². The number of allylic oxidation sites excluding steroid dienone is 1. The molecule has 1 aliphatic heterocycles. The van der Waals surface area contributed by atoms with Crippen LogP contribution in [0.25, 0.3) is 0 Å². The first-order valence-electron chi connectivity index (χ1n) is 10.5. The predicted molar refractivity (Wildman–Crippen MR) is 108 cm³/mol. The van der Waals surface area contributed by atoms with Crippen LogP contribution in [0.3, 0.4) is 0 Å². The highest BCUT2D eigenvalue weighted by molar-refractivity contribution is 5.42. The highest BCUT2D eigenvalue weighted by Gasteiger charge is 2.48. The quantitative estimate of drug-likeness (QED) is 0.680. The Morgan fingerprint density at radius 3 is 2.61 bits per heavy atom. The summed E-state index contributed by atoms with van der Waals surface area (Å²) in [7, 11) is 1.93. The largest absolute Gasteiger partial charge is 0.508 e. The van der Waals surface area contributed by atoms with Crippen LogP contribution >= 0.6 is 0 Å². The summed E-state index contributed by atoms with van der Waals surface area (Å²) >= 11 is 0. The maximum Gasteiger partial charge on any atom is 0.135 e. The Morgan fingerprint density at radius 2 is 2.00 bits per heavy atom. The molecular formula is C21H33N4O3+. The van der Waals surface area contributed by atoms with E-state index in [9.17, 15) is 15.3 Å². The molecule has 0 amide bonds. The van der Waals surface area contributed by atoms with Crippen LogP contribution in [0.15, 0.2) is 36.4 Å². The summed E-state index contributed by atoms with van der Waals surface area (Å²) in [5.74, 6) is 0.218. The lowest BCUT2D eigenvalue weighted by atomic mass is 9.85. The average molecular weight is 390 g/mol. The molecule has 3 atom stereocenters. The SMILES string of the molecule is Cn1cc(N2CC[N+](CC3(O)C=CC(O)=CC3)([C@H]3CCCC[C@@H]3O)CC2)cn1. The fourth-order valence-electron chi connectivity index (χ4n) is 5.35. The van der Waals surface area contributed by atoms with E-state index in [2.05, 4.69) is 10.00 Å². The molecule has 0 radical (unpaired) electrons. The lowest BCUT2D eigenvalue weighted by Gasteiger charge is -2.54. The molecule has 0 aromatic carbocycles. The number of aromatic nitrogens is 2. The van der Waals surface area contributed by atoms with Crippen molar-refractivity contribution in [3.05, 3.63) is 36.4 Å². The zero-order valence-electron chi connectivity index (χ0n) is 16.7. The van der Waals surface area contributed by atoms with E-state index < -0.39 is 5.60 Å². The van der Waals surface area contributed by atoms with Gasteiger partial charge < -0.3 is 24.7 Å². The third kappa shape index (κ3) is 3.83. The highest BCUT2D eigenvalue weighted by Crippen LogP contribution is 2.35. The van der Waals surface area contributed by atoms with E-state index in [0.717, 1.165) is 62.0 Å². The summed E-state index contributed by atoms with van der Waals surface area (Å²) in [5.41, 5.74) is 0.161. The summed E-state index contributed by atoms with van der Waals surface area (Å²) in [6.45, 7) is 4.13. The van der Waals surface area contributed by atoms with Crippen molar-refractivity contribution in [3.63, 3.8) is 0 Å². The normalized spacial score (nSPS) is 33.0. The Balaban J connectivity index is 1.56. The monoisotopic (exact) mass is 389 g/mol. The fraction of sp³-hybridized carbons (Fsp3) is 0.667. The van der Waals surface area contributed by atoms with Crippen LogP contribution in [-0.2, 0) is 7.05 Å². The molecule has 3 aliphatic rings. The van der Waals surface area contributed by atoms with Gasteiger partial charge in [0.25, 0.3) is 0 Å². The van der Waals surface area contributed by atoms with E-state index in [1.165, 1.54) is 0 Å². The molecule has 2 heterocycles. The molecule has 0 spiro atoms. The Morgan fingerprint density at radius 1 is 1.25 bits per heavy atom. The van der Waals surface area contributed by atoms with Crippen molar-refractivity contribution >= 4 is 5.69 Å². The molecule has 7 nitrogen and oxygen atoms in total. The van der Waals surface area contributed by atoms with Crippen molar-refractivity contribution in [1.29, 1.82) is 0 Å². The van der Waals surface area contributed by atoms with Crippen LogP contribution < -0.4 is 4.90 Å². The fourth-order valence-corrected chi connectivity index (χ4v) is 5.35. The van der Waals surface area contributed by atoms with Gasteiger partial charge in [-0.05, 0) is 31.1 Å². The van der Waals surface area contributed by atoms with Crippen molar-refractivity contribution in [2.45, 2.75) is 49.9 Å². The van der Waals surface area contributed by atoms with E-state index in [4.69, 9.17) is 0 Å². The first-order valence-corrected chi connectivity index (χ1v) is 10.5. The van der Waals surface area contributed by atoms with Gasteiger partial charge in [0.15, 0.2) is 0 Å². The van der Waals surface area contributed by atoms with Gasteiger partial charge in [-0.25, -0.2) is 0 Å². The van der Waals surface area contributed by atoms with Gasteiger partial charge in [0.1, 0.15) is 30.1 Å². The Kier molecular flexibility index (Phi) is 5.24. The van der Waals surface area contributed by atoms with Crippen LogP contribution in [0.1, 0.15) is 32.1 Å². The summed E-state index contributed by atoms with van der Waals surface area (Å²) in [6, 6.07) is 0.168. The minimum Gasteiger partial charge on any atom is -0.508 e. The van der Waals surface area contributed by atoms with Gasteiger partial charge in [0, 0.05) is 26.1 Å². The van der Waals surface area contributed by atoms with Crippen LogP contribution in [0.2, 0.25) is 0 Å². The first-order chi connectivity index (χ1) is 13.4. The Hall–Kier alpha value is -1.83. The number of piperazine rings is 1. The second-order valence-electron chi connectivity index (χ2n) is 8.87. The van der Waals surface area contributed by atoms with Crippen molar-refractivity contribution in [1.82, 2.24) is 9.78 Å². The minimum atomic E-state index is -0.972. The predicted octanol–water partition coefficient (Wildman–Crippen LogP) is 1.49. The van der Waals surface area contributed by atoms with Crippen LogP contribution in [0.5, 0.6) is 0 Å². The number of aryl methyl sites for hydroxylation is 1. The second kappa shape index (κ2) is 7.54. The molecule has 7 heteroatoms. The first kappa shape index (κ1) is 19.5. The number of anilines is 1. The van der Waals surface area contributed by atoms with Gasteiger partial charge in [0.2, 0.25) is 0 Å². The summed E-state index contributed by atoms with van der Waals surface area (Å²) < 4.78 is 2.57. The van der Waals surface area contributed by atoms with Gasteiger partial charge in [0.05, 0.1) is 38.1 Å². The number of aliphatic hydroxyl groups is 3. The van der Waals surface area contributed by atoms with Crippen molar-refractivity contribution in [2.24, 2.45) is 7.05 Å². The Labute approximate surface area is 166 Å². The standard InChI is InChI=1S/C21H32N4O3/c1-23-15-17(14-22-23)24-10-12-25(13-11-24,19-4-2-3-5-20(19)27)16-21(28)8-6-18(26)7-9-21/h6-8,14-15,19-20,27-28H,2-5,9-13,16H2,1H3/p+1/t19-,20-,21?/m0/s1. The molecule has 154 valence electrons. The van der Waals surface area contributed by atoms with Gasteiger partial charge in [-0.15, -0.1) is 0 Å². The summed E-state index contributed by atoms with van der Waals surface area (Å²) in [4.78, 5) is 2.35. The summed E-state index contributed by atoms with van der Waals surface area (Å²) in [5, 5.41) is 36.0. The van der Waals surface area contributed by atoms with Crippen molar-refractivity contribution in [3.8, 4) is 0 Å². The van der Waals surface area contributed by atoms with E-state index in [1.54, 1.807) is 18.2 Å². The second-order valence-corrected chi connectivity index (χ2v) is 8.87.